The second-order valence-corrected chi connectivity index (χ2v) is 7.25. The Morgan fingerprint density at radius 2 is 2.13 bits per heavy atom. The van der Waals surface area contributed by atoms with Gasteiger partial charge in [-0.15, -0.1) is 11.3 Å². The van der Waals surface area contributed by atoms with Gasteiger partial charge in [0.2, 0.25) is 0 Å². The van der Waals surface area contributed by atoms with Crippen LogP contribution in [0.2, 0.25) is 0 Å². The van der Waals surface area contributed by atoms with Crippen molar-refractivity contribution in [3.63, 3.8) is 0 Å². The Hall–Kier alpha value is -1.86. The van der Waals surface area contributed by atoms with Gasteiger partial charge in [-0.05, 0) is 43.0 Å². The minimum atomic E-state index is -0.499. The Morgan fingerprint density at radius 3 is 2.83 bits per heavy atom. The molecule has 0 saturated carbocycles. The Morgan fingerprint density at radius 1 is 1.35 bits per heavy atom. The predicted octanol–water partition coefficient (Wildman–Crippen LogP) is 3.36. The maximum Gasteiger partial charge on any atom is 0.260 e. The molecule has 5 nitrogen and oxygen atoms in total. The van der Waals surface area contributed by atoms with Gasteiger partial charge in [0.1, 0.15) is 10.8 Å². The molecular formula is C16H15BrN2O3S. The summed E-state index contributed by atoms with van der Waals surface area (Å²) in [6.07, 6.45) is 2.78. The average Bonchev–Trinajstić information content (AvgIpc) is 3.06. The molecule has 120 valence electrons. The molecule has 3 rings (SSSR count). The topological polar surface area (TPSA) is 81.4 Å². The van der Waals surface area contributed by atoms with E-state index in [1.165, 1.54) is 18.4 Å². The van der Waals surface area contributed by atoms with Crippen LogP contribution < -0.4 is 15.8 Å². The molecular weight excluding hydrogens is 380 g/mol. The minimum absolute atomic E-state index is 0.328. The quantitative estimate of drug-likeness (QED) is 0.833. The van der Waals surface area contributed by atoms with E-state index in [1.54, 1.807) is 18.2 Å². The Balaban J connectivity index is 1.95. The summed E-state index contributed by atoms with van der Waals surface area (Å²) in [6.45, 7) is 0. The number of amides is 2. The fourth-order valence-corrected chi connectivity index (χ4v) is 4.43. The molecule has 0 unspecified atom stereocenters. The second-order valence-electron chi connectivity index (χ2n) is 5.22. The van der Waals surface area contributed by atoms with Crippen molar-refractivity contribution >= 4 is 44.1 Å². The molecule has 1 aliphatic carbocycles. The molecule has 0 saturated heterocycles. The van der Waals surface area contributed by atoms with Crippen LogP contribution in [-0.2, 0) is 12.8 Å². The van der Waals surface area contributed by atoms with E-state index in [2.05, 4.69) is 21.2 Å². The van der Waals surface area contributed by atoms with Crippen LogP contribution in [-0.4, -0.2) is 18.9 Å². The lowest BCUT2D eigenvalue weighted by Gasteiger charge is -2.10. The highest BCUT2D eigenvalue weighted by atomic mass is 79.9. The van der Waals surface area contributed by atoms with Crippen LogP contribution in [0.3, 0.4) is 0 Å². The number of primary amides is 1. The van der Waals surface area contributed by atoms with Gasteiger partial charge in [0.05, 0.1) is 18.2 Å². The molecule has 0 fully saturated rings. The summed E-state index contributed by atoms with van der Waals surface area (Å²) in [7, 11) is 1.51. The third-order valence-corrected chi connectivity index (χ3v) is 5.50. The summed E-state index contributed by atoms with van der Waals surface area (Å²) in [4.78, 5) is 25.5. The van der Waals surface area contributed by atoms with Crippen LogP contribution in [0.15, 0.2) is 22.7 Å². The van der Waals surface area contributed by atoms with Gasteiger partial charge in [-0.1, -0.05) is 15.9 Å². The van der Waals surface area contributed by atoms with Gasteiger partial charge in [0.25, 0.3) is 11.8 Å². The van der Waals surface area contributed by atoms with E-state index in [9.17, 15) is 9.59 Å². The number of benzene rings is 1. The van der Waals surface area contributed by atoms with Crippen LogP contribution in [0.25, 0.3) is 0 Å². The average molecular weight is 395 g/mol. The SMILES string of the molecule is COc1ccc(Br)cc1C(=O)Nc1sc2c(c1C(N)=O)CCC2. The number of nitrogens with two attached hydrogens (primary N) is 1. The number of methoxy groups -OCH3 is 1. The maximum atomic E-state index is 12.6. The van der Waals surface area contributed by atoms with Crippen molar-refractivity contribution in [3.8, 4) is 5.75 Å². The van der Waals surface area contributed by atoms with Gasteiger partial charge < -0.3 is 15.8 Å². The number of rotatable bonds is 4. The Bertz CT molecular complexity index is 801. The zero-order chi connectivity index (χ0) is 16.6. The first kappa shape index (κ1) is 16.0. The fourth-order valence-electron chi connectivity index (χ4n) is 2.78. The summed E-state index contributed by atoms with van der Waals surface area (Å²) < 4.78 is 6.00. The molecule has 2 amide bonds. The van der Waals surface area contributed by atoms with Gasteiger partial charge in [-0.3, -0.25) is 9.59 Å². The maximum absolute atomic E-state index is 12.6. The van der Waals surface area contributed by atoms with E-state index in [0.717, 1.165) is 34.2 Å². The number of fused-ring (bicyclic) bond motifs is 1. The molecule has 1 aliphatic rings. The zero-order valence-electron chi connectivity index (χ0n) is 12.4. The second kappa shape index (κ2) is 6.33. The number of carbonyl (C=O) groups is 2. The van der Waals surface area contributed by atoms with Crippen molar-refractivity contribution in [2.75, 3.05) is 12.4 Å². The van der Waals surface area contributed by atoms with Crippen LogP contribution in [0.5, 0.6) is 5.75 Å². The largest absolute Gasteiger partial charge is 0.496 e. The first-order valence-corrected chi connectivity index (χ1v) is 8.71. The molecule has 0 bridgehead atoms. The summed E-state index contributed by atoms with van der Waals surface area (Å²) in [6, 6.07) is 5.19. The zero-order valence-corrected chi connectivity index (χ0v) is 14.8. The first-order chi connectivity index (χ1) is 11.0. The molecule has 0 spiro atoms. The minimum Gasteiger partial charge on any atom is -0.496 e. The first-order valence-electron chi connectivity index (χ1n) is 7.10. The van der Waals surface area contributed by atoms with Gasteiger partial charge in [0, 0.05) is 9.35 Å². The van der Waals surface area contributed by atoms with E-state index in [1.807, 2.05) is 0 Å². The summed E-state index contributed by atoms with van der Waals surface area (Å²) in [5, 5.41) is 3.34. The highest BCUT2D eigenvalue weighted by molar-refractivity contribution is 9.10. The molecule has 0 aliphatic heterocycles. The molecule has 2 aromatic rings. The number of carbonyl (C=O) groups excluding carboxylic acids is 2. The number of ether oxygens (including phenoxy) is 1. The van der Waals surface area contributed by atoms with Crippen LogP contribution >= 0.6 is 27.3 Å². The molecule has 3 N–H and O–H groups in total. The number of anilines is 1. The highest BCUT2D eigenvalue weighted by Crippen LogP contribution is 2.39. The van der Waals surface area contributed by atoms with Crippen molar-refractivity contribution < 1.29 is 14.3 Å². The molecule has 0 radical (unpaired) electrons. The van der Waals surface area contributed by atoms with Crippen molar-refractivity contribution in [2.45, 2.75) is 19.3 Å². The van der Waals surface area contributed by atoms with E-state index in [4.69, 9.17) is 10.5 Å². The van der Waals surface area contributed by atoms with Crippen LogP contribution in [0, 0.1) is 0 Å². The standard InChI is InChI=1S/C16H15BrN2O3S/c1-22-11-6-5-8(17)7-10(11)15(21)19-16-13(14(18)20)9-3-2-4-12(9)23-16/h5-7H,2-4H2,1H3,(H2,18,20)(H,19,21). The van der Waals surface area contributed by atoms with Crippen molar-refractivity contribution in [3.05, 3.63) is 44.2 Å². The number of nitrogens with one attached hydrogen (secondary N) is 1. The van der Waals surface area contributed by atoms with Gasteiger partial charge in [-0.25, -0.2) is 0 Å². The highest BCUT2D eigenvalue weighted by Gasteiger charge is 2.26. The van der Waals surface area contributed by atoms with Gasteiger partial charge in [-0.2, -0.15) is 0 Å². The van der Waals surface area contributed by atoms with Crippen LogP contribution in [0.1, 0.15) is 37.6 Å². The Labute approximate surface area is 146 Å². The summed E-state index contributed by atoms with van der Waals surface area (Å²) in [5.41, 5.74) is 7.34. The lowest BCUT2D eigenvalue weighted by Crippen LogP contribution is -2.18. The molecule has 23 heavy (non-hydrogen) atoms. The van der Waals surface area contributed by atoms with E-state index >= 15 is 0 Å². The van der Waals surface area contributed by atoms with Gasteiger partial charge in [0.15, 0.2) is 0 Å². The lowest BCUT2D eigenvalue weighted by molar-refractivity contribution is 0.100. The van der Waals surface area contributed by atoms with Crippen molar-refractivity contribution in [1.29, 1.82) is 0 Å². The Kier molecular flexibility index (Phi) is 4.41. The van der Waals surface area contributed by atoms with E-state index in [-0.39, 0.29) is 5.91 Å². The number of hydrogen-bond acceptors (Lipinski definition) is 4. The van der Waals surface area contributed by atoms with Crippen molar-refractivity contribution in [2.24, 2.45) is 5.73 Å². The van der Waals surface area contributed by atoms with E-state index < -0.39 is 5.91 Å². The third kappa shape index (κ3) is 2.98. The predicted molar refractivity (Wildman–Crippen MR) is 93.5 cm³/mol. The monoisotopic (exact) mass is 394 g/mol. The van der Waals surface area contributed by atoms with E-state index in [0.29, 0.717) is 21.9 Å². The number of hydrogen-bond donors (Lipinski definition) is 2. The number of aryl methyl sites for hydroxylation is 1. The van der Waals surface area contributed by atoms with Gasteiger partial charge >= 0.3 is 0 Å². The molecule has 1 aromatic heterocycles. The smallest absolute Gasteiger partial charge is 0.260 e. The molecule has 1 heterocycles. The number of thiophene rings is 1. The molecule has 0 atom stereocenters. The fraction of sp³-hybridized carbons (Fsp3) is 0.250. The number of halogens is 1. The summed E-state index contributed by atoms with van der Waals surface area (Å²) >= 11 is 4.78. The molecule has 7 heteroatoms. The summed E-state index contributed by atoms with van der Waals surface area (Å²) in [5.74, 6) is -0.359. The lowest BCUT2D eigenvalue weighted by atomic mass is 10.1. The molecule has 1 aromatic carbocycles. The van der Waals surface area contributed by atoms with Crippen LogP contribution in [0.4, 0.5) is 5.00 Å². The normalized spacial score (nSPS) is 12.8. The third-order valence-electron chi connectivity index (χ3n) is 3.80. The van der Waals surface area contributed by atoms with Crippen molar-refractivity contribution in [1.82, 2.24) is 0 Å².